The van der Waals surface area contributed by atoms with Gasteiger partial charge in [-0.15, -0.1) is 0 Å². The summed E-state index contributed by atoms with van der Waals surface area (Å²) in [5.74, 6) is -0.680. The number of aromatic nitrogens is 1. The fourth-order valence-corrected chi connectivity index (χ4v) is 1.86. The molecule has 0 aliphatic rings. The highest BCUT2D eigenvalue weighted by Crippen LogP contribution is 2.09. The summed E-state index contributed by atoms with van der Waals surface area (Å²) >= 11 is 0. The number of aryl methyl sites for hydroxylation is 1. The van der Waals surface area contributed by atoms with Crippen molar-refractivity contribution in [2.24, 2.45) is 5.73 Å². The maximum Gasteiger partial charge on any atom is 0.290 e. The number of hydrogen-bond donors (Lipinski definition) is 2. The van der Waals surface area contributed by atoms with Crippen LogP contribution in [0.25, 0.3) is 0 Å². The van der Waals surface area contributed by atoms with Gasteiger partial charge in [0.15, 0.2) is 12.4 Å². The minimum atomic E-state index is -0.515. The maximum absolute atomic E-state index is 11.9. The quantitative estimate of drug-likeness (QED) is 0.643. The van der Waals surface area contributed by atoms with Crippen LogP contribution < -0.4 is 28.0 Å². The molecule has 0 aliphatic carbocycles. The van der Waals surface area contributed by atoms with Crippen LogP contribution in [0.4, 0.5) is 5.69 Å². The molecule has 1 aromatic heterocycles. The first-order valence-electron chi connectivity index (χ1n) is 6.20. The standard InChI is InChI=1S/C15H15N3O2.ClH/c1-11-4-2-6-13(8-11)17-14(19)10-18-7-3-5-12(9-18)15(16)20;/h2-9H,10H2,1H3,(H2-,16,17,19,20);1H. The molecule has 21 heavy (non-hydrogen) atoms. The molecule has 1 aromatic carbocycles. The molecule has 0 fully saturated rings. The Morgan fingerprint density at radius 2 is 2.00 bits per heavy atom. The Kier molecular flexibility index (Phi) is 5.87. The van der Waals surface area contributed by atoms with Crippen molar-refractivity contribution in [3.05, 3.63) is 59.9 Å². The summed E-state index contributed by atoms with van der Waals surface area (Å²) in [6.45, 7) is 2.08. The average Bonchev–Trinajstić information content (AvgIpc) is 2.38. The van der Waals surface area contributed by atoms with Crippen molar-refractivity contribution >= 4 is 17.5 Å². The van der Waals surface area contributed by atoms with Crippen LogP contribution in [0, 0.1) is 6.92 Å². The van der Waals surface area contributed by atoms with Gasteiger partial charge >= 0.3 is 0 Å². The first kappa shape index (κ1) is 16.7. The van der Waals surface area contributed by atoms with Crippen LogP contribution in [-0.2, 0) is 11.3 Å². The van der Waals surface area contributed by atoms with Gasteiger partial charge in [-0.1, -0.05) is 12.1 Å². The zero-order chi connectivity index (χ0) is 14.5. The fourth-order valence-electron chi connectivity index (χ4n) is 1.86. The third kappa shape index (κ3) is 4.89. The molecule has 0 bridgehead atoms. The smallest absolute Gasteiger partial charge is 0.290 e. The van der Waals surface area contributed by atoms with Crippen LogP contribution in [-0.4, -0.2) is 11.8 Å². The Labute approximate surface area is 129 Å². The fraction of sp³-hybridized carbons (Fsp3) is 0.133. The van der Waals surface area contributed by atoms with Crippen LogP contribution in [0.3, 0.4) is 0 Å². The van der Waals surface area contributed by atoms with Gasteiger partial charge in [0.25, 0.3) is 11.8 Å². The second-order valence-corrected chi connectivity index (χ2v) is 4.55. The van der Waals surface area contributed by atoms with Crippen molar-refractivity contribution in [1.29, 1.82) is 0 Å². The molecule has 3 N–H and O–H groups in total. The van der Waals surface area contributed by atoms with Crippen molar-refractivity contribution in [3.8, 4) is 0 Å². The third-order valence-electron chi connectivity index (χ3n) is 2.77. The van der Waals surface area contributed by atoms with E-state index in [-0.39, 0.29) is 24.9 Å². The highest BCUT2D eigenvalue weighted by atomic mass is 35.5. The summed E-state index contributed by atoms with van der Waals surface area (Å²) < 4.78 is 1.62. The predicted octanol–water partition coefficient (Wildman–Crippen LogP) is -1.98. The van der Waals surface area contributed by atoms with E-state index < -0.39 is 5.91 Å². The number of benzene rings is 1. The Morgan fingerprint density at radius 1 is 1.24 bits per heavy atom. The van der Waals surface area contributed by atoms with Crippen LogP contribution in [0.2, 0.25) is 0 Å². The van der Waals surface area contributed by atoms with Gasteiger partial charge in [-0.3, -0.25) is 9.59 Å². The van der Waals surface area contributed by atoms with Gasteiger partial charge in [-0.05, 0) is 30.7 Å². The van der Waals surface area contributed by atoms with Gasteiger partial charge in [0, 0.05) is 11.8 Å². The van der Waals surface area contributed by atoms with Crippen molar-refractivity contribution < 1.29 is 26.6 Å². The molecule has 0 spiro atoms. The van der Waals surface area contributed by atoms with Crippen LogP contribution in [0.1, 0.15) is 15.9 Å². The molecular weight excluding hydrogens is 290 g/mol. The van der Waals surface area contributed by atoms with E-state index in [4.69, 9.17) is 5.73 Å². The molecule has 6 heteroatoms. The lowest BCUT2D eigenvalue weighted by atomic mass is 10.2. The largest absolute Gasteiger partial charge is 1.00 e. The van der Waals surface area contributed by atoms with Gasteiger partial charge in [-0.2, -0.15) is 4.57 Å². The zero-order valence-electron chi connectivity index (χ0n) is 11.5. The molecule has 5 nitrogen and oxygen atoms in total. The number of nitrogens with two attached hydrogens (primary N) is 1. The van der Waals surface area contributed by atoms with E-state index in [2.05, 4.69) is 5.32 Å². The number of halogens is 1. The van der Waals surface area contributed by atoms with Crippen molar-refractivity contribution in [2.75, 3.05) is 5.32 Å². The topological polar surface area (TPSA) is 76.1 Å². The van der Waals surface area contributed by atoms with Gasteiger partial charge in [0.1, 0.15) is 5.56 Å². The molecule has 0 radical (unpaired) electrons. The Morgan fingerprint density at radius 3 is 2.67 bits per heavy atom. The number of pyridine rings is 1. The lowest BCUT2D eigenvalue weighted by molar-refractivity contribution is -0.684. The molecule has 2 rings (SSSR count). The van der Waals surface area contributed by atoms with Crippen molar-refractivity contribution in [3.63, 3.8) is 0 Å². The van der Waals surface area contributed by atoms with E-state index >= 15 is 0 Å². The molecular formula is C15H16ClN3O2. The second kappa shape index (κ2) is 7.40. The summed E-state index contributed by atoms with van der Waals surface area (Å²) in [5.41, 5.74) is 7.40. The first-order valence-corrected chi connectivity index (χ1v) is 6.20. The minimum Gasteiger partial charge on any atom is -1.00 e. The highest BCUT2D eigenvalue weighted by Gasteiger charge is 2.12. The minimum absolute atomic E-state index is 0. The van der Waals surface area contributed by atoms with E-state index in [0.717, 1.165) is 11.3 Å². The highest BCUT2D eigenvalue weighted by molar-refractivity contribution is 5.92. The van der Waals surface area contributed by atoms with Crippen LogP contribution >= 0.6 is 0 Å². The van der Waals surface area contributed by atoms with Crippen LogP contribution in [0.5, 0.6) is 0 Å². The number of anilines is 1. The Hall–Kier alpha value is -2.40. The zero-order valence-corrected chi connectivity index (χ0v) is 12.3. The Bertz CT molecular complexity index is 659. The number of nitrogens with one attached hydrogen (secondary N) is 1. The molecule has 0 atom stereocenters. The summed E-state index contributed by atoms with van der Waals surface area (Å²) in [6.07, 6.45) is 3.26. The van der Waals surface area contributed by atoms with E-state index in [1.807, 2.05) is 31.2 Å². The van der Waals surface area contributed by atoms with Gasteiger partial charge in [-0.25, -0.2) is 0 Å². The van der Waals surface area contributed by atoms with Gasteiger partial charge < -0.3 is 23.5 Å². The van der Waals surface area contributed by atoms with E-state index in [1.54, 1.807) is 29.1 Å². The summed E-state index contributed by atoms with van der Waals surface area (Å²) in [6, 6.07) is 10.8. The predicted molar refractivity (Wildman–Crippen MR) is 75.0 cm³/mol. The number of carbonyl (C=O) groups excluding carboxylic acids is 2. The van der Waals surface area contributed by atoms with E-state index in [1.165, 1.54) is 0 Å². The van der Waals surface area contributed by atoms with E-state index in [9.17, 15) is 9.59 Å². The SMILES string of the molecule is Cc1cccc(NC(=O)C[n+]2cccc(C(N)=O)c2)c1.[Cl-]. The average molecular weight is 306 g/mol. The number of amides is 2. The molecule has 2 amide bonds. The molecule has 2 aromatic rings. The molecule has 110 valence electrons. The van der Waals surface area contributed by atoms with Crippen LogP contribution in [0.15, 0.2) is 48.8 Å². The lowest BCUT2D eigenvalue weighted by Gasteiger charge is -2.04. The monoisotopic (exact) mass is 305 g/mol. The number of nitrogens with zero attached hydrogens (tertiary/aromatic N) is 1. The Balaban J connectivity index is 0.00000220. The molecule has 0 saturated heterocycles. The summed E-state index contributed by atoms with van der Waals surface area (Å²) in [7, 11) is 0. The molecule has 1 heterocycles. The third-order valence-corrected chi connectivity index (χ3v) is 2.77. The van der Waals surface area contributed by atoms with Crippen molar-refractivity contribution in [2.45, 2.75) is 13.5 Å². The molecule has 0 saturated carbocycles. The van der Waals surface area contributed by atoms with Crippen molar-refractivity contribution in [1.82, 2.24) is 0 Å². The normalized spacial score (nSPS) is 9.57. The number of primary amides is 1. The van der Waals surface area contributed by atoms with Gasteiger partial charge in [0.05, 0.1) is 0 Å². The number of carbonyl (C=O) groups is 2. The molecule has 0 aliphatic heterocycles. The number of rotatable bonds is 4. The second-order valence-electron chi connectivity index (χ2n) is 4.55. The van der Waals surface area contributed by atoms with Gasteiger partial charge in [0.2, 0.25) is 6.54 Å². The first-order chi connectivity index (χ1) is 9.54. The molecule has 0 unspecified atom stereocenters. The summed E-state index contributed by atoms with van der Waals surface area (Å²) in [5, 5.41) is 2.80. The number of hydrogen-bond acceptors (Lipinski definition) is 2. The van der Waals surface area contributed by atoms with E-state index in [0.29, 0.717) is 5.56 Å². The lowest BCUT2D eigenvalue weighted by Crippen LogP contribution is -3.00. The maximum atomic E-state index is 11.9. The summed E-state index contributed by atoms with van der Waals surface area (Å²) in [4.78, 5) is 23.0.